The van der Waals surface area contributed by atoms with Gasteiger partial charge in [0.05, 0.1) is 26.1 Å². The number of aromatic nitrogens is 4. The second-order valence-electron chi connectivity index (χ2n) is 5.36. The lowest BCUT2D eigenvalue weighted by molar-refractivity contribution is 0.355. The van der Waals surface area contributed by atoms with Crippen LogP contribution in [0.25, 0.3) is 28.6 Å². The number of nitrogens with zero attached hydrogens (tertiary/aromatic N) is 5. The standard InChI is InChI=1S/C18H13N5O3/c1-24-15-6-4-11(7-16(15)25-2)17-22-23-14(10-21-18(23)26-17)12-3-5-13(8-19)20-9-12/h3-7,9-10H,1-2H3. The van der Waals surface area contributed by atoms with Gasteiger partial charge < -0.3 is 13.9 Å². The third-order valence-corrected chi connectivity index (χ3v) is 3.89. The number of hydrogen-bond acceptors (Lipinski definition) is 7. The summed E-state index contributed by atoms with van der Waals surface area (Å²) in [4.78, 5) is 8.32. The van der Waals surface area contributed by atoms with Crippen molar-refractivity contribution in [3.8, 4) is 40.3 Å². The normalized spacial score (nSPS) is 10.7. The number of nitriles is 1. The van der Waals surface area contributed by atoms with Gasteiger partial charge in [0.25, 0.3) is 0 Å². The number of methoxy groups -OCH3 is 2. The van der Waals surface area contributed by atoms with Crippen molar-refractivity contribution >= 4 is 5.84 Å². The maximum absolute atomic E-state index is 8.86. The van der Waals surface area contributed by atoms with Gasteiger partial charge in [-0.3, -0.25) is 0 Å². The lowest BCUT2D eigenvalue weighted by Gasteiger charge is -2.07. The van der Waals surface area contributed by atoms with Crippen molar-refractivity contribution in [2.24, 2.45) is 0 Å². The molecule has 0 fully saturated rings. The summed E-state index contributed by atoms with van der Waals surface area (Å²) in [6.45, 7) is 0. The first kappa shape index (κ1) is 15.7. The van der Waals surface area contributed by atoms with Crippen LogP contribution >= 0.6 is 0 Å². The third-order valence-electron chi connectivity index (χ3n) is 3.89. The average Bonchev–Trinajstić information content (AvgIpc) is 3.28. The van der Waals surface area contributed by atoms with Gasteiger partial charge in [0.1, 0.15) is 11.8 Å². The highest BCUT2D eigenvalue weighted by Crippen LogP contribution is 2.32. The van der Waals surface area contributed by atoms with Gasteiger partial charge in [0.15, 0.2) is 11.5 Å². The van der Waals surface area contributed by atoms with Crippen molar-refractivity contribution in [1.82, 2.24) is 19.6 Å². The van der Waals surface area contributed by atoms with E-state index in [1.807, 2.05) is 12.1 Å². The molecule has 0 bridgehead atoms. The average molecular weight is 347 g/mol. The summed E-state index contributed by atoms with van der Waals surface area (Å²) in [5.41, 5.74) is 2.58. The summed E-state index contributed by atoms with van der Waals surface area (Å²) in [6, 6.07) is 10.8. The van der Waals surface area contributed by atoms with Crippen LogP contribution in [0.4, 0.5) is 0 Å². The molecule has 0 saturated carbocycles. The Morgan fingerprint density at radius 2 is 1.81 bits per heavy atom. The number of hydrogen-bond donors (Lipinski definition) is 0. The molecule has 128 valence electrons. The smallest absolute Gasteiger partial charge is 0.325 e. The molecular weight excluding hydrogens is 334 g/mol. The van der Waals surface area contributed by atoms with Gasteiger partial charge in [-0.25, -0.2) is 9.97 Å². The van der Waals surface area contributed by atoms with E-state index in [1.54, 1.807) is 55.4 Å². The van der Waals surface area contributed by atoms with Gasteiger partial charge in [-0.1, -0.05) is 0 Å². The van der Waals surface area contributed by atoms with E-state index in [-0.39, 0.29) is 0 Å². The molecule has 0 N–H and O–H groups in total. The zero-order valence-corrected chi connectivity index (χ0v) is 14.0. The van der Waals surface area contributed by atoms with Crippen LogP contribution in [-0.2, 0) is 0 Å². The molecule has 0 aliphatic rings. The SMILES string of the molecule is COc1ccc(-c2nn3c(-c4ccc(C#N)nc4)cnc3o2)cc1OC. The molecule has 0 amide bonds. The molecule has 8 nitrogen and oxygen atoms in total. The molecular formula is C18H13N5O3. The molecule has 4 aromatic rings. The maximum Gasteiger partial charge on any atom is 0.325 e. The molecule has 0 radical (unpaired) electrons. The van der Waals surface area contributed by atoms with Gasteiger partial charge >= 0.3 is 5.84 Å². The van der Waals surface area contributed by atoms with Crippen molar-refractivity contribution in [2.45, 2.75) is 0 Å². The summed E-state index contributed by atoms with van der Waals surface area (Å²) in [5.74, 6) is 1.96. The first-order valence-electron chi connectivity index (χ1n) is 7.67. The predicted molar refractivity (Wildman–Crippen MR) is 91.7 cm³/mol. The Labute approximate surface area is 148 Å². The number of ether oxygens (including phenoxy) is 2. The first-order valence-corrected chi connectivity index (χ1v) is 7.67. The molecule has 0 aliphatic carbocycles. The molecule has 8 heteroatoms. The van der Waals surface area contributed by atoms with E-state index in [4.69, 9.17) is 19.2 Å². The Morgan fingerprint density at radius 3 is 2.50 bits per heavy atom. The number of pyridine rings is 1. The van der Waals surface area contributed by atoms with Crippen molar-refractivity contribution in [3.63, 3.8) is 0 Å². The quantitative estimate of drug-likeness (QED) is 0.559. The van der Waals surface area contributed by atoms with E-state index in [1.165, 1.54) is 0 Å². The molecule has 0 saturated heterocycles. The largest absolute Gasteiger partial charge is 0.493 e. The van der Waals surface area contributed by atoms with E-state index in [0.29, 0.717) is 34.6 Å². The fourth-order valence-electron chi connectivity index (χ4n) is 2.59. The molecule has 4 rings (SSSR count). The van der Waals surface area contributed by atoms with Gasteiger partial charge in [-0.15, -0.1) is 5.10 Å². The minimum Gasteiger partial charge on any atom is -0.493 e. The van der Waals surface area contributed by atoms with E-state index < -0.39 is 0 Å². The summed E-state index contributed by atoms with van der Waals surface area (Å²) >= 11 is 0. The Hall–Kier alpha value is -3.86. The molecule has 3 aromatic heterocycles. The topological polar surface area (TPSA) is 98.5 Å². The maximum atomic E-state index is 8.86. The molecule has 26 heavy (non-hydrogen) atoms. The Bertz CT molecular complexity index is 1120. The Morgan fingerprint density at radius 1 is 1.00 bits per heavy atom. The van der Waals surface area contributed by atoms with Crippen LogP contribution in [-0.4, -0.2) is 33.8 Å². The van der Waals surface area contributed by atoms with Crippen LogP contribution < -0.4 is 9.47 Å². The summed E-state index contributed by atoms with van der Waals surface area (Å²) in [6.07, 6.45) is 3.25. The van der Waals surface area contributed by atoms with Gasteiger partial charge in [-0.05, 0) is 30.3 Å². The van der Waals surface area contributed by atoms with Crippen LogP contribution in [0.15, 0.2) is 47.1 Å². The first-order chi connectivity index (χ1) is 12.7. The van der Waals surface area contributed by atoms with Gasteiger partial charge in [0.2, 0.25) is 5.89 Å². The van der Waals surface area contributed by atoms with Crippen LogP contribution in [0.2, 0.25) is 0 Å². The predicted octanol–water partition coefficient (Wildman–Crippen LogP) is 2.94. The van der Waals surface area contributed by atoms with E-state index in [0.717, 1.165) is 11.1 Å². The zero-order chi connectivity index (χ0) is 18.1. The number of rotatable bonds is 4. The van der Waals surface area contributed by atoms with E-state index in [9.17, 15) is 0 Å². The second-order valence-corrected chi connectivity index (χ2v) is 5.36. The van der Waals surface area contributed by atoms with Crippen LogP contribution in [0.1, 0.15) is 5.69 Å². The molecule has 1 aromatic carbocycles. The summed E-state index contributed by atoms with van der Waals surface area (Å²) < 4.78 is 17.9. The molecule has 0 atom stereocenters. The minimum atomic E-state index is 0.348. The zero-order valence-electron chi connectivity index (χ0n) is 14.0. The van der Waals surface area contributed by atoms with Crippen LogP contribution in [0, 0.1) is 11.3 Å². The second kappa shape index (κ2) is 6.22. The van der Waals surface area contributed by atoms with Gasteiger partial charge in [0, 0.05) is 17.3 Å². The van der Waals surface area contributed by atoms with Crippen molar-refractivity contribution in [1.29, 1.82) is 5.26 Å². The summed E-state index contributed by atoms with van der Waals surface area (Å²) in [7, 11) is 3.15. The third kappa shape index (κ3) is 2.52. The van der Waals surface area contributed by atoms with E-state index in [2.05, 4.69) is 15.1 Å². The lowest BCUT2D eigenvalue weighted by Crippen LogP contribution is -1.92. The number of imidazole rings is 1. The summed E-state index contributed by atoms with van der Waals surface area (Å²) in [5, 5.41) is 13.4. The van der Waals surface area contributed by atoms with Crippen molar-refractivity contribution in [3.05, 3.63) is 48.4 Å². The fourth-order valence-corrected chi connectivity index (χ4v) is 2.59. The molecule has 0 unspecified atom stereocenters. The molecule has 0 aliphatic heterocycles. The Kier molecular flexibility index (Phi) is 3.74. The Balaban J connectivity index is 1.77. The van der Waals surface area contributed by atoms with Crippen molar-refractivity contribution < 1.29 is 13.9 Å². The van der Waals surface area contributed by atoms with Crippen LogP contribution in [0.5, 0.6) is 11.5 Å². The lowest BCUT2D eigenvalue weighted by atomic mass is 10.2. The van der Waals surface area contributed by atoms with E-state index >= 15 is 0 Å². The molecule has 3 heterocycles. The highest BCUT2D eigenvalue weighted by Gasteiger charge is 2.16. The highest BCUT2D eigenvalue weighted by molar-refractivity contribution is 5.64. The number of benzene rings is 1. The van der Waals surface area contributed by atoms with Crippen molar-refractivity contribution in [2.75, 3.05) is 14.2 Å². The fraction of sp³-hybridized carbons (Fsp3) is 0.111. The van der Waals surface area contributed by atoms with Gasteiger partial charge in [-0.2, -0.15) is 9.78 Å². The monoisotopic (exact) mass is 347 g/mol. The minimum absolute atomic E-state index is 0.348. The molecule has 0 spiro atoms. The van der Waals surface area contributed by atoms with Crippen LogP contribution in [0.3, 0.4) is 0 Å². The highest BCUT2D eigenvalue weighted by atomic mass is 16.5. The number of fused-ring (bicyclic) bond motifs is 1.